The van der Waals surface area contributed by atoms with Gasteiger partial charge in [-0.25, -0.2) is 24.7 Å². The summed E-state index contributed by atoms with van der Waals surface area (Å²) in [5, 5.41) is 3.03. The summed E-state index contributed by atoms with van der Waals surface area (Å²) >= 11 is 0. The van der Waals surface area contributed by atoms with Gasteiger partial charge in [0.1, 0.15) is 0 Å². The van der Waals surface area contributed by atoms with Gasteiger partial charge < -0.3 is 35.1 Å². The Bertz CT molecular complexity index is 1530. The Hall–Kier alpha value is -4.65. The van der Waals surface area contributed by atoms with Gasteiger partial charge in [-0.2, -0.15) is 0 Å². The molecule has 5 heterocycles. The van der Waals surface area contributed by atoms with Gasteiger partial charge in [-0.05, 0) is 17.7 Å². The lowest BCUT2D eigenvalue weighted by molar-refractivity contribution is 0.122. The number of morpholine rings is 1. The summed E-state index contributed by atoms with van der Waals surface area (Å²) in [6.45, 7) is 4.02. The van der Waals surface area contributed by atoms with Gasteiger partial charge in [0, 0.05) is 56.8 Å². The van der Waals surface area contributed by atoms with Crippen molar-refractivity contribution < 1.29 is 19.0 Å². The van der Waals surface area contributed by atoms with Crippen molar-refractivity contribution in [3.63, 3.8) is 0 Å². The van der Waals surface area contributed by atoms with Gasteiger partial charge in [0.05, 0.1) is 51.1 Å². The second-order valence-electron chi connectivity index (χ2n) is 9.60. The van der Waals surface area contributed by atoms with E-state index < -0.39 is 0 Å². The molecule has 4 aromatic rings. The fraction of sp³-hybridized carbons (Fsp3) is 0.370. The van der Waals surface area contributed by atoms with Crippen molar-refractivity contribution >= 4 is 23.4 Å². The van der Waals surface area contributed by atoms with Gasteiger partial charge in [0.25, 0.3) is 0 Å². The maximum atomic E-state index is 13.2. The number of nitrogens with two attached hydrogens (primary N) is 1. The van der Waals surface area contributed by atoms with E-state index in [0.29, 0.717) is 69.6 Å². The van der Waals surface area contributed by atoms with Crippen molar-refractivity contribution in [3.8, 4) is 22.8 Å². The highest BCUT2D eigenvalue weighted by Gasteiger charge is 2.28. The third kappa shape index (κ3) is 4.91. The number of benzene rings is 1. The van der Waals surface area contributed by atoms with Crippen molar-refractivity contribution in [3.05, 3.63) is 53.7 Å². The Morgan fingerprint density at radius 2 is 1.85 bits per heavy atom. The maximum Gasteiger partial charge on any atom is 0.318 e. The molecular formula is C27H31N9O4. The van der Waals surface area contributed by atoms with Gasteiger partial charge in [0.15, 0.2) is 23.0 Å². The number of aromatic nitrogens is 5. The molecule has 0 saturated carbocycles. The number of rotatable bonds is 6. The lowest BCUT2D eigenvalue weighted by Crippen LogP contribution is -2.42. The average molecular weight is 546 g/mol. The summed E-state index contributed by atoms with van der Waals surface area (Å²) in [7, 11) is 3.18. The molecule has 0 radical (unpaired) electrons. The predicted octanol–water partition coefficient (Wildman–Crippen LogP) is 1.89. The SMILES string of the molecule is COc1ccc(CNC(=O)N2CCc3nc4c(N5CCOCC5)nc(-c5cnc(N)nc5)cn4c3C2)cc1OC. The van der Waals surface area contributed by atoms with Crippen LogP contribution in [0.3, 0.4) is 0 Å². The van der Waals surface area contributed by atoms with Gasteiger partial charge in [-0.15, -0.1) is 0 Å². The summed E-state index contributed by atoms with van der Waals surface area (Å²) in [4.78, 5) is 35.4. The van der Waals surface area contributed by atoms with E-state index in [-0.39, 0.29) is 12.0 Å². The number of amides is 2. The first-order chi connectivity index (χ1) is 19.5. The molecule has 2 amide bonds. The molecular weight excluding hydrogens is 514 g/mol. The Morgan fingerprint density at radius 3 is 2.60 bits per heavy atom. The minimum atomic E-state index is -0.148. The summed E-state index contributed by atoms with van der Waals surface area (Å²) in [6, 6.07) is 5.45. The highest BCUT2D eigenvalue weighted by Crippen LogP contribution is 2.30. The topological polar surface area (TPSA) is 145 Å². The number of anilines is 2. The minimum Gasteiger partial charge on any atom is -0.493 e. The van der Waals surface area contributed by atoms with Crippen LogP contribution >= 0.6 is 0 Å². The van der Waals surface area contributed by atoms with Crippen molar-refractivity contribution in [2.24, 2.45) is 0 Å². The number of ether oxygens (including phenoxy) is 3. The molecule has 40 heavy (non-hydrogen) atoms. The molecule has 2 aliphatic rings. The molecule has 13 heteroatoms. The van der Waals surface area contributed by atoms with Crippen molar-refractivity contribution in [1.29, 1.82) is 0 Å². The van der Waals surface area contributed by atoms with Gasteiger partial charge in [-0.3, -0.25) is 4.40 Å². The van der Waals surface area contributed by atoms with Crippen LogP contribution in [0.25, 0.3) is 16.9 Å². The standard InChI is InChI=1S/C27H31N9O4/c1-38-22-4-3-17(11-23(22)39-2)12-31-27(37)35-6-5-19-21(16-35)36-15-20(18-13-29-26(28)30-14-18)33-24(25(36)32-19)34-7-9-40-10-8-34/h3-4,11,13-15H,5-10,12,16H2,1-2H3,(H,31,37)(H2,28,29,30). The van der Waals surface area contributed by atoms with Crippen molar-refractivity contribution in [2.75, 3.05) is 57.7 Å². The van der Waals surface area contributed by atoms with Crippen LogP contribution in [0.1, 0.15) is 17.0 Å². The van der Waals surface area contributed by atoms with E-state index >= 15 is 0 Å². The third-order valence-electron chi connectivity index (χ3n) is 7.19. The number of nitrogens with zero attached hydrogens (tertiary/aromatic N) is 7. The Labute approximate surface area is 230 Å². The fourth-order valence-electron chi connectivity index (χ4n) is 5.04. The molecule has 0 spiro atoms. The van der Waals surface area contributed by atoms with Crippen LogP contribution in [0.4, 0.5) is 16.6 Å². The van der Waals surface area contributed by atoms with E-state index in [4.69, 9.17) is 29.9 Å². The number of carbonyl (C=O) groups excluding carboxylic acids is 1. The summed E-state index contributed by atoms with van der Waals surface area (Å²) in [5.74, 6) is 2.24. The molecule has 6 rings (SSSR count). The highest BCUT2D eigenvalue weighted by atomic mass is 16.5. The summed E-state index contributed by atoms with van der Waals surface area (Å²) in [5.41, 5.74) is 10.8. The molecule has 0 bridgehead atoms. The van der Waals surface area contributed by atoms with Gasteiger partial charge in [0.2, 0.25) is 5.95 Å². The normalized spacial score (nSPS) is 15.2. The second-order valence-corrected chi connectivity index (χ2v) is 9.60. The lowest BCUT2D eigenvalue weighted by atomic mass is 10.1. The molecule has 3 aromatic heterocycles. The Morgan fingerprint density at radius 1 is 1.07 bits per heavy atom. The first-order valence-corrected chi connectivity index (χ1v) is 13.1. The van der Waals surface area contributed by atoms with Crippen LogP contribution in [0.15, 0.2) is 36.8 Å². The second kappa shape index (κ2) is 10.8. The molecule has 2 aliphatic heterocycles. The highest BCUT2D eigenvalue weighted by molar-refractivity contribution is 5.75. The van der Waals surface area contributed by atoms with Crippen LogP contribution in [0.5, 0.6) is 11.5 Å². The number of nitrogens with one attached hydrogen (secondary N) is 1. The molecule has 208 valence electrons. The zero-order valence-electron chi connectivity index (χ0n) is 22.5. The quantitative estimate of drug-likeness (QED) is 0.368. The Kier molecular flexibility index (Phi) is 6.95. The number of fused-ring (bicyclic) bond motifs is 3. The van der Waals surface area contributed by atoms with E-state index in [9.17, 15) is 4.79 Å². The largest absolute Gasteiger partial charge is 0.493 e. The maximum absolute atomic E-state index is 13.2. The van der Waals surface area contributed by atoms with E-state index in [2.05, 4.69) is 20.2 Å². The average Bonchev–Trinajstić information content (AvgIpc) is 3.38. The van der Waals surface area contributed by atoms with Crippen LogP contribution in [0.2, 0.25) is 0 Å². The monoisotopic (exact) mass is 545 g/mol. The smallest absolute Gasteiger partial charge is 0.318 e. The van der Waals surface area contributed by atoms with Crippen LogP contribution < -0.4 is 25.4 Å². The zero-order valence-corrected chi connectivity index (χ0v) is 22.5. The fourth-order valence-corrected chi connectivity index (χ4v) is 5.04. The first-order valence-electron chi connectivity index (χ1n) is 13.1. The lowest BCUT2D eigenvalue weighted by Gasteiger charge is -2.28. The first kappa shape index (κ1) is 25.6. The van der Waals surface area contributed by atoms with E-state index in [1.54, 1.807) is 31.5 Å². The van der Waals surface area contributed by atoms with E-state index in [0.717, 1.165) is 34.0 Å². The minimum absolute atomic E-state index is 0.148. The number of carbonyl (C=O) groups is 1. The number of urea groups is 1. The number of methoxy groups -OCH3 is 2. The molecule has 0 atom stereocenters. The summed E-state index contributed by atoms with van der Waals surface area (Å²) in [6.07, 6.45) is 5.91. The Balaban J connectivity index is 1.28. The molecule has 3 N–H and O–H groups in total. The molecule has 1 saturated heterocycles. The van der Waals surface area contributed by atoms with Crippen molar-refractivity contribution in [1.82, 2.24) is 34.6 Å². The third-order valence-corrected chi connectivity index (χ3v) is 7.19. The van der Waals surface area contributed by atoms with Gasteiger partial charge in [-0.1, -0.05) is 6.07 Å². The number of nitrogen functional groups attached to an aromatic ring is 1. The van der Waals surface area contributed by atoms with Crippen LogP contribution in [0, 0.1) is 0 Å². The van der Waals surface area contributed by atoms with Crippen LogP contribution in [-0.2, 0) is 24.2 Å². The number of hydrogen-bond acceptors (Lipinski definition) is 10. The van der Waals surface area contributed by atoms with Crippen molar-refractivity contribution in [2.45, 2.75) is 19.5 Å². The van der Waals surface area contributed by atoms with E-state index in [1.807, 2.05) is 28.8 Å². The predicted molar refractivity (Wildman–Crippen MR) is 147 cm³/mol. The van der Waals surface area contributed by atoms with Gasteiger partial charge >= 0.3 is 6.03 Å². The molecule has 0 aliphatic carbocycles. The van der Waals surface area contributed by atoms with E-state index in [1.165, 1.54) is 0 Å². The molecule has 13 nitrogen and oxygen atoms in total. The molecule has 1 aromatic carbocycles. The summed E-state index contributed by atoms with van der Waals surface area (Å²) < 4.78 is 18.3. The zero-order chi connectivity index (χ0) is 27.6. The number of hydrogen-bond donors (Lipinski definition) is 2. The molecule has 0 unspecified atom stereocenters. The van der Waals surface area contributed by atoms with Crippen LogP contribution in [-0.4, -0.2) is 82.3 Å². The number of imidazole rings is 1. The molecule has 1 fully saturated rings.